The van der Waals surface area contributed by atoms with Crippen LogP contribution in [0.15, 0.2) is 70.6 Å². The average molecular weight is 292 g/mol. The summed E-state index contributed by atoms with van der Waals surface area (Å²) in [7, 11) is 0. The van der Waals surface area contributed by atoms with Crippen molar-refractivity contribution in [2.45, 2.75) is 13.0 Å². The second-order valence-electron chi connectivity index (χ2n) is 4.98. The molecule has 0 saturated carbocycles. The van der Waals surface area contributed by atoms with Crippen molar-refractivity contribution in [3.8, 4) is 0 Å². The highest BCUT2D eigenvalue weighted by atomic mass is 16.2. The number of carbonyl (C=O) groups is 1. The second-order valence-corrected chi connectivity index (χ2v) is 4.98. The highest BCUT2D eigenvalue weighted by molar-refractivity contribution is 6.24. The molecule has 0 saturated heterocycles. The molecule has 3 rings (SSSR count). The van der Waals surface area contributed by atoms with Crippen molar-refractivity contribution in [2.24, 2.45) is 15.7 Å². The summed E-state index contributed by atoms with van der Waals surface area (Å²) >= 11 is 0. The lowest BCUT2D eigenvalue weighted by atomic mass is 10.2. The van der Waals surface area contributed by atoms with Crippen LogP contribution in [-0.2, 0) is 4.79 Å². The molecule has 22 heavy (non-hydrogen) atoms. The summed E-state index contributed by atoms with van der Waals surface area (Å²) in [5, 5.41) is 0. The third-order valence-corrected chi connectivity index (χ3v) is 3.39. The Kier molecular flexibility index (Phi) is 3.70. The van der Waals surface area contributed by atoms with E-state index in [-0.39, 0.29) is 5.91 Å². The maximum Gasteiger partial charge on any atom is 0.258 e. The van der Waals surface area contributed by atoms with Gasteiger partial charge in [0, 0.05) is 5.56 Å². The summed E-state index contributed by atoms with van der Waals surface area (Å²) in [6, 6.07) is 18.3. The monoisotopic (exact) mass is 292 g/mol. The van der Waals surface area contributed by atoms with Crippen molar-refractivity contribution in [3.05, 3.63) is 66.2 Å². The molecule has 0 aromatic heterocycles. The van der Waals surface area contributed by atoms with E-state index in [1.54, 1.807) is 6.92 Å². The molecule has 1 amide bonds. The van der Waals surface area contributed by atoms with E-state index in [0.717, 1.165) is 11.3 Å². The summed E-state index contributed by atoms with van der Waals surface area (Å²) in [6.45, 7) is 1.75. The Balaban J connectivity index is 1.98. The van der Waals surface area contributed by atoms with Crippen molar-refractivity contribution < 1.29 is 4.79 Å². The van der Waals surface area contributed by atoms with Crippen molar-refractivity contribution in [1.82, 2.24) is 0 Å². The van der Waals surface area contributed by atoms with Crippen LogP contribution in [0.3, 0.4) is 0 Å². The summed E-state index contributed by atoms with van der Waals surface area (Å²) in [4.78, 5) is 22.5. The quantitative estimate of drug-likeness (QED) is 0.680. The predicted molar refractivity (Wildman–Crippen MR) is 88.0 cm³/mol. The van der Waals surface area contributed by atoms with Crippen molar-refractivity contribution >= 4 is 23.4 Å². The van der Waals surface area contributed by atoms with E-state index in [1.165, 1.54) is 4.90 Å². The number of hydrogen-bond acceptors (Lipinski definition) is 3. The van der Waals surface area contributed by atoms with Gasteiger partial charge in [-0.15, -0.1) is 0 Å². The van der Waals surface area contributed by atoms with Crippen LogP contribution in [0.1, 0.15) is 12.5 Å². The molecule has 2 aromatic rings. The van der Waals surface area contributed by atoms with Gasteiger partial charge in [0.05, 0.1) is 5.69 Å². The van der Waals surface area contributed by atoms with E-state index < -0.39 is 6.04 Å². The molecule has 2 aromatic carbocycles. The van der Waals surface area contributed by atoms with Crippen LogP contribution in [0.25, 0.3) is 0 Å². The molecule has 0 spiro atoms. The van der Waals surface area contributed by atoms with Gasteiger partial charge in [-0.05, 0) is 19.1 Å². The lowest BCUT2D eigenvalue weighted by molar-refractivity contribution is -0.117. The number of rotatable bonds is 2. The molecule has 0 radical (unpaired) electrons. The molecule has 2 N–H and O–H groups in total. The Morgan fingerprint density at radius 1 is 1.09 bits per heavy atom. The first-order chi connectivity index (χ1) is 10.7. The van der Waals surface area contributed by atoms with Crippen LogP contribution in [0.4, 0.5) is 5.69 Å². The molecule has 1 unspecified atom stereocenters. The number of amidine groups is 1. The van der Waals surface area contributed by atoms with E-state index in [2.05, 4.69) is 9.98 Å². The van der Waals surface area contributed by atoms with Crippen molar-refractivity contribution in [3.63, 3.8) is 0 Å². The van der Waals surface area contributed by atoms with E-state index in [9.17, 15) is 4.79 Å². The highest BCUT2D eigenvalue weighted by Crippen LogP contribution is 2.21. The number of nitrogens with zero attached hydrogens (tertiary/aromatic N) is 3. The first-order valence-electron chi connectivity index (χ1n) is 7.03. The van der Waals surface area contributed by atoms with Crippen LogP contribution in [0.2, 0.25) is 0 Å². The predicted octanol–water partition coefficient (Wildman–Crippen LogP) is 2.18. The summed E-state index contributed by atoms with van der Waals surface area (Å²) in [6.07, 6.45) is 0. The van der Waals surface area contributed by atoms with Crippen LogP contribution in [0.5, 0.6) is 0 Å². The van der Waals surface area contributed by atoms with Gasteiger partial charge in [0.2, 0.25) is 5.96 Å². The number of aliphatic imine (C=N–C) groups is 2. The molecule has 1 heterocycles. The number of anilines is 1. The average Bonchev–Trinajstić information content (AvgIpc) is 2.83. The first-order valence-corrected chi connectivity index (χ1v) is 7.03. The molecule has 0 bridgehead atoms. The molecule has 0 fully saturated rings. The zero-order valence-electron chi connectivity index (χ0n) is 12.2. The SMILES string of the molecule is CC1N=C(/N=C(\N)c2ccccc2)N(c2ccccc2)C1=O. The standard InChI is InChI=1S/C17H16N4O/c1-12-16(22)21(14-10-6-3-7-11-14)17(19-12)20-15(18)13-8-4-2-5-9-13/h2-12H,1H3,(H2,18,19,20). The van der Waals surface area contributed by atoms with Gasteiger partial charge < -0.3 is 5.73 Å². The Bertz CT molecular complexity index is 738. The molecule has 5 nitrogen and oxygen atoms in total. The number of carbonyl (C=O) groups excluding carboxylic acids is 1. The third kappa shape index (κ3) is 2.61. The Hall–Kier alpha value is -2.95. The number of para-hydroxylation sites is 1. The molecular formula is C17H16N4O. The van der Waals surface area contributed by atoms with Crippen molar-refractivity contribution in [2.75, 3.05) is 4.90 Å². The van der Waals surface area contributed by atoms with Gasteiger partial charge in [-0.1, -0.05) is 48.5 Å². The van der Waals surface area contributed by atoms with Gasteiger partial charge in [0.25, 0.3) is 5.91 Å². The minimum atomic E-state index is -0.456. The maximum absolute atomic E-state index is 12.3. The number of guanidine groups is 1. The third-order valence-electron chi connectivity index (χ3n) is 3.39. The second kappa shape index (κ2) is 5.81. The number of benzene rings is 2. The fraction of sp³-hybridized carbons (Fsp3) is 0.118. The largest absolute Gasteiger partial charge is 0.383 e. The lowest BCUT2D eigenvalue weighted by Crippen LogP contribution is -2.34. The Labute approximate surface area is 128 Å². The normalized spacial score (nSPS) is 18.5. The van der Waals surface area contributed by atoms with Crippen LogP contribution < -0.4 is 10.6 Å². The smallest absolute Gasteiger partial charge is 0.258 e. The summed E-state index contributed by atoms with van der Waals surface area (Å²) in [5.74, 6) is 0.554. The van der Waals surface area contributed by atoms with E-state index in [1.807, 2.05) is 60.7 Å². The topological polar surface area (TPSA) is 71.0 Å². The van der Waals surface area contributed by atoms with Gasteiger partial charge >= 0.3 is 0 Å². The maximum atomic E-state index is 12.3. The van der Waals surface area contributed by atoms with Gasteiger partial charge in [0.15, 0.2) is 0 Å². The highest BCUT2D eigenvalue weighted by Gasteiger charge is 2.32. The molecule has 0 aliphatic carbocycles. The number of amides is 1. The number of nitrogens with two attached hydrogens (primary N) is 1. The molecule has 5 heteroatoms. The number of hydrogen-bond donors (Lipinski definition) is 1. The molecule has 1 atom stereocenters. The lowest BCUT2D eigenvalue weighted by Gasteiger charge is -2.16. The zero-order valence-corrected chi connectivity index (χ0v) is 12.2. The van der Waals surface area contributed by atoms with Crippen LogP contribution in [-0.4, -0.2) is 23.7 Å². The minimum absolute atomic E-state index is 0.106. The first kappa shape index (κ1) is 14.0. The molecule has 1 aliphatic heterocycles. The van der Waals surface area contributed by atoms with E-state index >= 15 is 0 Å². The molecular weight excluding hydrogens is 276 g/mol. The van der Waals surface area contributed by atoms with Gasteiger partial charge in [-0.3, -0.25) is 4.79 Å². The van der Waals surface area contributed by atoms with Crippen molar-refractivity contribution in [1.29, 1.82) is 0 Å². The fourth-order valence-corrected chi connectivity index (χ4v) is 2.25. The van der Waals surface area contributed by atoms with Gasteiger partial charge in [-0.25, -0.2) is 9.89 Å². The van der Waals surface area contributed by atoms with Gasteiger partial charge in [-0.2, -0.15) is 4.99 Å². The van der Waals surface area contributed by atoms with E-state index in [0.29, 0.717) is 11.8 Å². The molecule has 110 valence electrons. The Morgan fingerprint density at radius 2 is 1.68 bits per heavy atom. The fourth-order valence-electron chi connectivity index (χ4n) is 2.25. The zero-order chi connectivity index (χ0) is 15.5. The van der Waals surface area contributed by atoms with Crippen LogP contribution >= 0.6 is 0 Å². The molecule has 1 aliphatic rings. The van der Waals surface area contributed by atoms with Gasteiger partial charge in [0.1, 0.15) is 11.9 Å². The summed E-state index contributed by atoms with van der Waals surface area (Å²) < 4.78 is 0. The Morgan fingerprint density at radius 3 is 2.32 bits per heavy atom. The van der Waals surface area contributed by atoms with E-state index in [4.69, 9.17) is 5.73 Å². The minimum Gasteiger partial charge on any atom is -0.383 e. The van der Waals surface area contributed by atoms with Crippen LogP contribution in [0, 0.1) is 0 Å². The summed E-state index contributed by atoms with van der Waals surface area (Å²) in [5.41, 5.74) is 7.57.